The van der Waals surface area contributed by atoms with E-state index in [0.29, 0.717) is 38.2 Å². The molecule has 1 unspecified atom stereocenters. The molecule has 4 amide bonds. The number of halogens is 1. The Balaban J connectivity index is 1.38. The Bertz CT molecular complexity index is 680. The van der Waals surface area contributed by atoms with E-state index < -0.39 is 0 Å². The molecular weight excluding hydrogens is 339 g/mol. The SMILES string of the molecule is O=C(NCCCN1CCCC1=O)NC1CC(=O)N(c2ccc(F)cc2)C1. The van der Waals surface area contributed by atoms with Crippen LogP contribution in [-0.4, -0.2) is 55.0 Å². The van der Waals surface area contributed by atoms with Crippen molar-refractivity contribution < 1.29 is 18.8 Å². The van der Waals surface area contributed by atoms with Crippen molar-refractivity contribution in [1.29, 1.82) is 0 Å². The molecule has 1 aromatic rings. The minimum atomic E-state index is -0.356. The zero-order chi connectivity index (χ0) is 18.5. The number of amides is 4. The summed E-state index contributed by atoms with van der Waals surface area (Å²) in [5.41, 5.74) is 0.622. The second-order valence-electron chi connectivity index (χ2n) is 6.62. The molecule has 0 aromatic heterocycles. The van der Waals surface area contributed by atoms with Crippen LogP contribution in [0.3, 0.4) is 0 Å². The fraction of sp³-hybridized carbons (Fsp3) is 0.500. The maximum Gasteiger partial charge on any atom is 0.315 e. The van der Waals surface area contributed by atoms with E-state index >= 15 is 0 Å². The molecule has 0 bridgehead atoms. The summed E-state index contributed by atoms with van der Waals surface area (Å²) in [5, 5.41) is 5.55. The number of likely N-dealkylation sites (tertiary alicyclic amines) is 1. The van der Waals surface area contributed by atoms with Crippen molar-refractivity contribution in [2.45, 2.75) is 31.7 Å². The highest BCUT2D eigenvalue weighted by Crippen LogP contribution is 2.21. The fourth-order valence-electron chi connectivity index (χ4n) is 3.32. The first-order valence-corrected chi connectivity index (χ1v) is 8.91. The van der Waals surface area contributed by atoms with Crippen LogP contribution in [0.5, 0.6) is 0 Å². The summed E-state index contributed by atoms with van der Waals surface area (Å²) in [5.74, 6) is -0.278. The van der Waals surface area contributed by atoms with E-state index in [-0.39, 0.29) is 36.1 Å². The second-order valence-corrected chi connectivity index (χ2v) is 6.62. The molecule has 2 aliphatic heterocycles. The van der Waals surface area contributed by atoms with Gasteiger partial charge in [-0.2, -0.15) is 0 Å². The summed E-state index contributed by atoms with van der Waals surface area (Å²) in [6.45, 7) is 2.28. The van der Waals surface area contributed by atoms with Gasteiger partial charge in [-0.25, -0.2) is 9.18 Å². The number of nitrogens with one attached hydrogen (secondary N) is 2. The third-order valence-corrected chi connectivity index (χ3v) is 4.66. The highest BCUT2D eigenvalue weighted by atomic mass is 19.1. The predicted molar refractivity (Wildman–Crippen MR) is 94.1 cm³/mol. The van der Waals surface area contributed by atoms with Crippen molar-refractivity contribution in [1.82, 2.24) is 15.5 Å². The third-order valence-electron chi connectivity index (χ3n) is 4.66. The van der Waals surface area contributed by atoms with Gasteiger partial charge in [-0.15, -0.1) is 0 Å². The van der Waals surface area contributed by atoms with Crippen LogP contribution < -0.4 is 15.5 Å². The third kappa shape index (κ3) is 4.50. The van der Waals surface area contributed by atoms with Gasteiger partial charge in [-0.05, 0) is 37.1 Å². The van der Waals surface area contributed by atoms with Gasteiger partial charge in [0.2, 0.25) is 11.8 Å². The molecule has 2 heterocycles. The number of rotatable bonds is 6. The highest BCUT2D eigenvalue weighted by molar-refractivity contribution is 5.96. The molecule has 0 saturated carbocycles. The number of carbonyl (C=O) groups is 3. The Morgan fingerprint density at radius 1 is 1.19 bits per heavy atom. The zero-order valence-corrected chi connectivity index (χ0v) is 14.5. The molecule has 1 atom stereocenters. The van der Waals surface area contributed by atoms with E-state index in [4.69, 9.17) is 0 Å². The molecule has 140 valence electrons. The lowest BCUT2D eigenvalue weighted by atomic mass is 10.2. The van der Waals surface area contributed by atoms with Crippen molar-refractivity contribution in [2.75, 3.05) is 31.1 Å². The summed E-state index contributed by atoms with van der Waals surface area (Å²) in [6.07, 6.45) is 2.44. The van der Waals surface area contributed by atoms with Gasteiger partial charge in [-0.3, -0.25) is 9.59 Å². The quantitative estimate of drug-likeness (QED) is 0.747. The van der Waals surface area contributed by atoms with Gasteiger partial charge >= 0.3 is 6.03 Å². The number of hydrogen-bond acceptors (Lipinski definition) is 3. The molecule has 1 aromatic carbocycles. The van der Waals surface area contributed by atoms with Gasteiger partial charge in [-0.1, -0.05) is 0 Å². The molecule has 2 aliphatic rings. The summed E-state index contributed by atoms with van der Waals surface area (Å²) >= 11 is 0. The number of anilines is 1. The van der Waals surface area contributed by atoms with Crippen molar-refractivity contribution in [2.24, 2.45) is 0 Å². The number of carbonyl (C=O) groups excluding carboxylic acids is 3. The number of hydrogen-bond donors (Lipinski definition) is 2. The standard InChI is InChI=1S/C18H23FN4O3/c19-13-4-6-15(7-5-13)23-12-14(11-17(23)25)21-18(26)20-8-2-10-22-9-1-3-16(22)24/h4-7,14H,1-3,8-12H2,(H2,20,21,26). The molecule has 8 heteroatoms. The van der Waals surface area contributed by atoms with Gasteiger partial charge in [0.05, 0.1) is 6.04 Å². The van der Waals surface area contributed by atoms with Crippen molar-refractivity contribution >= 4 is 23.5 Å². The number of nitrogens with zero attached hydrogens (tertiary/aromatic N) is 2. The Morgan fingerprint density at radius 3 is 2.65 bits per heavy atom. The minimum absolute atomic E-state index is 0.102. The summed E-state index contributed by atoms with van der Waals surface area (Å²) in [7, 11) is 0. The first-order chi connectivity index (χ1) is 12.5. The average molecular weight is 362 g/mol. The maximum absolute atomic E-state index is 13.0. The molecule has 7 nitrogen and oxygen atoms in total. The van der Waals surface area contributed by atoms with Crippen LogP contribution in [0.4, 0.5) is 14.9 Å². The van der Waals surface area contributed by atoms with Gasteiger partial charge in [0, 0.05) is 44.7 Å². The lowest BCUT2D eigenvalue weighted by molar-refractivity contribution is -0.127. The van der Waals surface area contributed by atoms with Gasteiger partial charge in [0.1, 0.15) is 5.82 Å². The average Bonchev–Trinajstić information content (AvgIpc) is 3.18. The Labute approximate surface area is 151 Å². The van der Waals surface area contributed by atoms with Crippen LogP contribution in [0.25, 0.3) is 0 Å². The first-order valence-electron chi connectivity index (χ1n) is 8.91. The highest BCUT2D eigenvalue weighted by Gasteiger charge is 2.31. The molecule has 2 N–H and O–H groups in total. The smallest absolute Gasteiger partial charge is 0.315 e. The Morgan fingerprint density at radius 2 is 1.96 bits per heavy atom. The minimum Gasteiger partial charge on any atom is -0.343 e. The molecular formula is C18H23FN4O3. The second kappa shape index (κ2) is 8.16. The van der Waals surface area contributed by atoms with E-state index in [2.05, 4.69) is 10.6 Å². The van der Waals surface area contributed by atoms with Crippen LogP contribution in [0.2, 0.25) is 0 Å². The molecule has 0 aliphatic carbocycles. The van der Waals surface area contributed by atoms with E-state index in [0.717, 1.165) is 13.0 Å². The lowest BCUT2D eigenvalue weighted by Gasteiger charge is -2.18. The maximum atomic E-state index is 13.0. The largest absolute Gasteiger partial charge is 0.343 e. The van der Waals surface area contributed by atoms with E-state index in [9.17, 15) is 18.8 Å². The molecule has 2 saturated heterocycles. The van der Waals surface area contributed by atoms with E-state index in [1.807, 2.05) is 4.90 Å². The molecule has 3 rings (SSSR count). The normalized spacial score (nSPS) is 20.0. The van der Waals surface area contributed by atoms with E-state index in [1.165, 1.54) is 12.1 Å². The lowest BCUT2D eigenvalue weighted by Crippen LogP contribution is -2.44. The molecule has 2 fully saturated rings. The Hall–Kier alpha value is -2.64. The Kier molecular flexibility index (Phi) is 5.70. The van der Waals surface area contributed by atoms with Crippen molar-refractivity contribution in [3.05, 3.63) is 30.1 Å². The topological polar surface area (TPSA) is 81.8 Å². The van der Waals surface area contributed by atoms with Crippen LogP contribution >= 0.6 is 0 Å². The number of urea groups is 1. The monoisotopic (exact) mass is 362 g/mol. The number of benzene rings is 1. The van der Waals surface area contributed by atoms with Crippen LogP contribution in [-0.2, 0) is 9.59 Å². The predicted octanol–water partition coefficient (Wildman–Crippen LogP) is 1.24. The van der Waals surface area contributed by atoms with Crippen LogP contribution in [0, 0.1) is 5.82 Å². The van der Waals surface area contributed by atoms with Crippen molar-refractivity contribution in [3.8, 4) is 0 Å². The van der Waals surface area contributed by atoms with Crippen molar-refractivity contribution in [3.63, 3.8) is 0 Å². The first kappa shape index (κ1) is 18.2. The van der Waals surface area contributed by atoms with Gasteiger partial charge in [0.15, 0.2) is 0 Å². The fourth-order valence-corrected chi connectivity index (χ4v) is 3.32. The van der Waals surface area contributed by atoms with Crippen LogP contribution in [0.15, 0.2) is 24.3 Å². The molecule has 0 spiro atoms. The summed E-state index contributed by atoms with van der Waals surface area (Å²) in [4.78, 5) is 38.9. The molecule has 0 radical (unpaired) electrons. The van der Waals surface area contributed by atoms with Gasteiger partial charge in [0.25, 0.3) is 0 Å². The summed E-state index contributed by atoms with van der Waals surface area (Å²) < 4.78 is 13.0. The molecule has 26 heavy (non-hydrogen) atoms. The van der Waals surface area contributed by atoms with Crippen LogP contribution in [0.1, 0.15) is 25.7 Å². The van der Waals surface area contributed by atoms with E-state index in [1.54, 1.807) is 17.0 Å². The summed E-state index contributed by atoms with van der Waals surface area (Å²) in [6, 6.07) is 5.11. The zero-order valence-electron chi connectivity index (χ0n) is 14.5. The van der Waals surface area contributed by atoms with Gasteiger partial charge < -0.3 is 20.4 Å².